The van der Waals surface area contributed by atoms with Crippen molar-refractivity contribution in [3.63, 3.8) is 0 Å². The molecular weight excluding hydrogens is 382 g/mol. The highest BCUT2D eigenvalue weighted by Crippen LogP contribution is 2.14. The van der Waals surface area contributed by atoms with Crippen LogP contribution in [0.3, 0.4) is 0 Å². The summed E-state index contributed by atoms with van der Waals surface area (Å²) >= 11 is 0. The van der Waals surface area contributed by atoms with Gasteiger partial charge < -0.3 is 19.6 Å². The number of nitrogens with zero attached hydrogens (tertiary/aromatic N) is 3. The third kappa shape index (κ3) is 6.07. The first kappa shape index (κ1) is 20.9. The van der Waals surface area contributed by atoms with Gasteiger partial charge in [0.15, 0.2) is 5.71 Å². The van der Waals surface area contributed by atoms with E-state index in [-0.39, 0.29) is 12.3 Å². The minimum absolute atomic E-state index is 0.132. The molecule has 3 aromatic rings. The Hall–Kier alpha value is -3.87. The van der Waals surface area contributed by atoms with Crippen molar-refractivity contribution in [2.45, 2.75) is 6.61 Å². The van der Waals surface area contributed by atoms with Gasteiger partial charge in [-0.25, -0.2) is 9.78 Å². The molecule has 1 aromatic heterocycles. The number of ether oxygens (including phenoxy) is 1. The zero-order valence-corrected chi connectivity index (χ0v) is 16.6. The highest BCUT2D eigenvalue weighted by molar-refractivity contribution is 6.42. The molecule has 0 amide bonds. The first-order chi connectivity index (χ1) is 14.6. The van der Waals surface area contributed by atoms with Gasteiger partial charge in [-0.3, -0.25) is 0 Å². The quantitative estimate of drug-likeness (QED) is 0.410. The molecule has 0 atom stereocenters. The minimum Gasteiger partial charge on any atom is -0.492 e. The van der Waals surface area contributed by atoms with Gasteiger partial charge in [-0.1, -0.05) is 53.7 Å². The second kappa shape index (κ2) is 10.6. The molecule has 154 valence electrons. The van der Waals surface area contributed by atoms with E-state index in [0.29, 0.717) is 18.7 Å². The molecule has 30 heavy (non-hydrogen) atoms. The van der Waals surface area contributed by atoms with Crippen LogP contribution in [0.2, 0.25) is 0 Å². The molecule has 0 fully saturated rings. The molecule has 3 rings (SSSR count). The maximum absolute atomic E-state index is 11.4. The number of carboxylic acids is 1. The van der Waals surface area contributed by atoms with Gasteiger partial charge in [0.1, 0.15) is 24.8 Å². The highest BCUT2D eigenvalue weighted by Gasteiger charge is 2.13. The van der Waals surface area contributed by atoms with Gasteiger partial charge in [0, 0.05) is 18.8 Å². The fraction of sp³-hybridized carbons (Fsp3) is 0.174. The summed E-state index contributed by atoms with van der Waals surface area (Å²) < 4.78 is 5.77. The van der Waals surface area contributed by atoms with Crippen LogP contribution in [0, 0.1) is 0 Å². The van der Waals surface area contributed by atoms with Crippen LogP contribution in [-0.2, 0) is 16.2 Å². The summed E-state index contributed by atoms with van der Waals surface area (Å²) in [6, 6.07) is 21.8. The van der Waals surface area contributed by atoms with E-state index in [1.807, 2.05) is 60.5 Å². The standard InChI is InChI=1S/C23H23N3O4/c1-26(21-9-5-6-14-24-21)15-16-29-20-12-10-18(11-13-20)17-30-25-22(23(27)28)19-7-3-2-4-8-19/h2-14H,15-17H2,1H3,(H,27,28). The van der Waals surface area contributed by atoms with Crippen LogP contribution in [0.5, 0.6) is 5.75 Å². The van der Waals surface area contributed by atoms with Crippen molar-refractivity contribution in [3.8, 4) is 5.75 Å². The van der Waals surface area contributed by atoms with Gasteiger partial charge in [-0.15, -0.1) is 0 Å². The summed E-state index contributed by atoms with van der Waals surface area (Å²) in [6.45, 7) is 1.38. The van der Waals surface area contributed by atoms with Crippen LogP contribution in [0.15, 0.2) is 84.1 Å². The average Bonchev–Trinajstić information content (AvgIpc) is 2.78. The van der Waals surface area contributed by atoms with Gasteiger partial charge in [-0.2, -0.15) is 0 Å². The lowest BCUT2D eigenvalue weighted by atomic mass is 10.1. The molecule has 7 nitrogen and oxygen atoms in total. The molecule has 1 N–H and O–H groups in total. The van der Waals surface area contributed by atoms with Gasteiger partial charge >= 0.3 is 5.97 Å². The topological polar surface area (TPSA) is 84.2 Å². The number of likely N-dealkylation sites (N-methyl/N-ethyl adjacent to an activating group) is 1. The average molecular weight is 405 g/mol. The number of carboxylic acid groups (broad SMARTS) is 1. The Morgan fingerprint density at radius 1 is 1.03 bits per heavy atom. The van der Waals surface area contributed by atoms with Crippen molar-refractivity contribution in [1.29, 1.82) is 0 Å². The number of rotatable bonds is 10. The number of pyridine rings is 1. The Labute approximate surface area is 175 Å². The molecule has 0 aliphatic heterocycles. The van der Waals surface area contributed by atoms with Crippen molar-refractivity contribution >= 4 is 17.5 Å². The Morgan fingerprint density at radius 3 is 2.43 bits per heavy atom. The van der Waals surface area contributed by atoms with Gasteiger partial charge in [-0.05, 0) is 29.8 Å². The van der Waals surface area contributed by atoms with Crippen molar-refractivity contribution < 1.29 is 19.5 Å². The van der Waals surface area contributed by atoms with Gasteiger partial charge in [0.25, 0.3) is 0 Å². The maximum Gasteiger partial charge on any atom is 0.358 e. The molecule has 1 heterocycles. The summed E-state index contributed by atoms with van der Waals surface area (Å²) in [6.07, 6.45) is 1.76. The van der Waals surface area contributed by atoms with Crippen molar-refractivity contribution in [1.82, 2.24) is 4.98 Å². The van der Waals surface area contributed by atoms with E-state index < -0.39 is 5.97 Å². The number of aromatic nitrogens is 1. The number of anilines is 1. The van der Waals surface area contributed by atoms with Crippen molar-refractivity contribution in [2.75, 3.05) is 25.1 Å². The van der Waals surface area contributed by atoms with E-state index in [2.05, 4.69) is 10.1 Å². The predicted molar refractivity (Wildman–Crippen MR) is 115 cm³/mol. The van der Waals surface area contributed by atoms with Crippen LogP contribution in [0.1, 0.15) is 11.1 Å². The van der Waals surface area contributed by atoms with E-state index in [4.69, 9.17) is 9.57 Å². The lowest BCUT2D eigenvalue weighted by Crippen LogP contribution is -2.24. The molecule has 0 spiro atoms. The van der Waals surface area contributed by atoms with E-state index >= 15 is 0 Å². The molecule has 0 saturated heterocycles. The molecule has 0 aliphatic rings. The third-order valence-electron chi connectivity index (χ3n) is 4.30. The normalized spacial score (nSPS) is 11.0. The van der Waals surface area contributed by atoms with E-state index in [0.717, 1.165) is 17.1 Å². The summed E-state index contributed by atoms with van der Waals surface area (Å²) in [4.78, 5) is 23.0. The van der Waals surface area contributed by atoms with Crippen molar-refractivity contribution in [3.05, 3.63) is 90.1 Å². The third-order valence-corrected chi connectivity index (χ3v) is 4.30. The lowest BCUT2D eigenvalue weighted by Gasteiger charge is -2.18. The van der Waals surface area contributed by atoms with Crippen LogP contribution in [0.25, 0.3) is 0 Å². The summed E-state index contributed by atoms with van der Waals surface area (Å²) in [7, 11) is 1.97. The largest absolute Gasteiger partial charge is 0.492 e. The monoisotopic (exact) mass is 405 g/mol. The van der Waals surface area contributed by atoms with Gasteiger partial charge in [0.2, 0.25) is 0 Å². The highest BCUT2D eigenvalue weighted by atomic mass is 16.6. The van der Waals surface area contributed by atoms with E-state index in [1.54, 1.807) is 30.5 Å². The number of hydrogen-bond acceptors (Lipinski definition) is 6. The molecule has 7 heteroatoms. The van der Waals surface area contributed by atoms with Gasteiger partial charge in [0.05, 0.1) is 6.54 Å². The Bertz CT molecular complexity index is 961. The van der Waals surface area contributed by atoms with Crippen LogP contribution in [-0.4, -0.2) is 42.0 Å². The summed E-state index contributed by atoms with van der Waals surface area (Å²) in [5.41, 5.74) is 1.21. The maximum atomic E-state index is 11.4. The van der Waals surface area contributed by atoms with Crippen LogP contribution >= 0.6 is 0 Å². The molecule has 2 aromatic carbocycles. The summed E-state index contributed by atoms with van der Waals surface area (Å²) in [5, 5.41) is 13.1. The summed E-state index contributed by atoms with van der Waals surface area (Å²) in [5.74, 6) is 0.498. The van der Waals surface area contributed by atoms with E-state index in [1.165, 1.54) is 0 Å². The predicted octanol–water partition coefficient (Wildman–Crippen LogP) is 3.60. The zero-order chi connectivity index (χ0) is 21.2. The SMILES string of the molecule is CN(CCOc1ccc(CON=C(C(=O)O)c2ccccc2)cc1)c1ccccn1. The number of carbonyl (C=O) groups is 1. The second-order valence-corrected chi connectivity index (χ2v) is 6.49. The number of hydrogen-bond donors (Lipinski definition) is 1. The number of benzene rings is 2. The zero-order valence-electron chi connectivity index (χ0n) is 16.6. The first-order valence-electron chi connectivity index (χ1n) is 9.46. The van der Waals surface area contributed by atoms with E-state index in [9.17, 15) is 9.90 Å². The van der Waals surface area contributed by atoms with Crippen molar-refractivity contribution in [2.24, 2.45) is 5.16 Å². The number of oxime groups is 1. The first-order valence-corrected chi connectivity index (χ1v) is 9.46. The van der Waals surface area contributed by atoms with Crippen LogP contribution < -0.4 is 9.64 Å². The fourth-order valence-corrected chi connectivity index (χ4v) is 2.66. The molecule has 0 radical (unpaired) electrons. The minimum atomic E-state index is -1.14. The Kier molecular flexibility index (Phi) is 7.38. The molecule has 0 unspecified atom stereocenters. The molecule has 0 bridgehead atoms. The Morgan fingerprint density at radius 2 is 1.77 bits per heavy atom. The Balaban J connectivity index is 1.48. The smallest absolute Gasteiger partial charge is 0.358 e. The fourth-order valence-electron chi connectivity index (χ4n) is 2.66. The molecular formula is C23H23N3O4. The number of aliphatic carboxylic acids is 1. The lowest BCUT2D eigenvalue weighted by molar-refractivity contribution is -0.129. The van der Waals surface area contributed by atoms with Crippen LogP contribution in [0.4, 0.5) is 5.82 Å². The second-order valence-electron chi connectivity index (χ2n) is 6.49. The molecule has 0 aliphatic carbocycles. The molecule has 0 saturated carbocycles.